The summed E-state index contributed by atoms with van der Waals surface area (Å²) < 4.78 is 6.41. The van der Waals surface area contributed by atoms with Crippen molar-refractivity contribution in [1.82, 2.24) is 0 Å². The predicted molar refractivity (Wildman–Crippen MR) is 92.3 cm³/mol. The van der Waals surface area contributed by atoms with E-state index in [2.05, 4.69) is 37.2 Å². The molecule has 0 spiro atoms. The van der Waals surface area contributed by atoms with E-state index in [0.29, 0.717) is 16.4 Å². The van der Waals surface area contributed by atoms with Crippen molar-refractivity contribution in [3.63, 3.8) is 0 Å². The van der Waals surface area contributed by atoms with Gasteiger partial charge in [-0.25, -0.2) is 4.79 Å². The fraction of sp³-hybridized carbons (Fsp3) is 0.0714. The number of ether oxygens (including phenoxy) is 1. The van der Waals surface area contributed by atoms with Gasteiger partial charge in [0.15, 0.2) is 0 Å². The standard InChI is InChI=1S/C14H11Br2ClN2O2/c1-21-14(20)8-5-7(18)6-11(17)12(8)19-13-9(15)3-2-4-10(13)16/h2-6,19H,18H2,1H3. The number of para-hydroxylation sites is 1. The van der Waals surface area contributed by atoms with Gasteiger partial charge in [-0.1, -0.05) is 17.7 Å². The Hall–Kier alpha value is -1.24. The Labute approximate surface area is 143 Å². The number of hydrogen-bond donors (Lipinski definition) is 2. The molecule has 0 bridgehead atoms. The number of benzene rings is 2. The largest absolute Gasteiger partial charge is 0.465 e. The molecule has 0 fully saturated rings. The summed E-state index contributed by atoms with van der Waals surface area (Å²) in [6.45, 7) is 0. The maximum absolute atomic E-state index is 11.9. The number of methoxy groups -OCH3 is 1. The third-order valence-corrected chi connectivity index (χ3v) is 4.35. The Bertz CT molecular complexity index is 687. The van der Waals surface area contributed by atoms with Crippen molar-refractivity contribution < 1.29 is 9.53 Å². The molecule has 0 aromatic heterocycles. The van der Waals surface area contributed by atoms with E-state index >= 15 is 0 Å². The lowest BCUT2D eigenvalue weighted by Crippen LogP contribution is -2.08. The first-order valence-electron chi connectivity index (χ1n) is 5.82. The SMILES string of the molecule is COC(=O)c1cc(N)cc(Cl)c1Nc1c(Br)cccc1Br. The first kappa shape index (κ1) is 16.1. The van der Waals surface area contributed by atoms with Crippen LogP contribution in [0.5, 0.6) is 0 Å². The van der Waals surface area contributed by atoms with Crippen molar-refractivity contribution in [3.8, 4) is 0 Å². The van der Waals surface area contributed by atoms with Gasteiger partial charge < -0.3 is 15.8 Å². The summed E-state index contributed by atoms with van der Waals surface area (Å²) in [5.41, 5.74) is 7.57. The van der Waals surface area contributed by atoms with Crippen molar-refractivity contribution in [1.29, 1.82) is 0 Å². The Morgan fingerprint density at radius 2 is 1.86 bits per heavy atom. The van der Waals surface area contributed by atoms with E-state index in [-0.39, 0.29) is 5.56 Å². The quantitative estimate of drug-likeness (QED) is 0.528. The molecule has 0 saturated heterocycles. The fourth-order valence-electron chi connectivity index (χ4n) is 1.77. The summed E-state index contributed by atoms with van der Waals surface area (Å²) >= 11 is 13.1. The first-order valence-corrected chi connectivity index (χ1v) is 7.78. The summed E-state index contributed by atoms with van der Waals surface area (Å²) in [7, 11) is 1.30. The van der Waals surface area contributed by atoms with E-state index < -0.39 is 5.97 Å². The summed E-state index contributed by atoms with van der Waals surface area (Å²) in [6.07, 6.45) is 0. The third kappa shape index (κ3) is 3.51. The van der Waals surface area contributed by atoms with Crippen molar-refractivity contribution in [3.05, 3.63) is 49.9 Å². The fourth-order valence-corrected chi connectivity index (χ4v) is 3.24. The number of rotatable bonds is 3. The average Bonchev–Trinajstić information content (AvgIpc) is 2.43. The lowest BCUT2D eigenvalue weighted by atomic mass is 10.1. The number of carbonyl (C=O) groups is 1. The Kier molecular flexibility index (Phi) is 5.13. The van der Waals surface area contributed by atoms with Gasteiger partial charge in [-0.2, -0.15) is 0 Å². The van der Waals surface area contributed by atoms with Crippen LogP contribution in [-0.4, -0.2) is 13.1 Å². The molecular formula is C14H11Br2ClN2O2. The van der Waals surface area contributed by atoms with Crippen molar-refractivity contribution in [2.24, 2.45) is 0 Å². The van der Waals surface area contributed by atoms with Gasteiger partial charge in [0.1, 0.15) is 0 Å². The molecule has 4 nitrogen and oxygen atoms in total. The average molecular weight is 435 g/mol. The van der Waals surface area contributed by atoms with Gasteiger partial charge in [0.2, 0.25) is 0 Å². The monoisotopic (exact) mass is 432 g/mol. The van der Waals surface area contributed by atoms with Crippen LogP contribution in [0.25, 0.3) is 0 Å². The van der Waals surface area contributed by atoms with Crippen molar-refractivity contribution >= 4 is 66.5 Å². The molecule has 2 aromatic rings. The zero-order chi connectivity index (χ0) is 15.6. The molecule has 0 aliphatic rings. The minimum absolute atomic E-state index is 0.269. The number of nitrogen functional groups attached to an aromatic ring is 1. The van der Waals surface area contributed by atoms with E-state index in [9.17, 15) is 4.79 Å². The van der Waals surface area contributed by atoms with Crippen LogP contribution in [0.3, 0.4) is 0 Å². The molecule has 0 aliphatic carbocycles. The molecule has 0 atom stereocenters. The van der Waals surface area contributed by atoms with Crippen molar-refractivity contribution in [2.75, 3.05) is 18.2 Å². The lowest BCUT2D eigenvalue weighted by Gasteiger charge is -2.16. The van der Waals surface area contributed by atoms with Gasteiger partial charge in [0.25, 0.3) is 0 Å². The number of anilines is 3. The van der Waals surface area contributed by atoms with E-state index in [1.165, 1.54) is 13.2 Å². The van der Waals surface area contributed by atoms with E-state index in [4.69, 9.17) is 22.1 Å². The number of nitrogens with two attached hydrogens (primary N) is 1. The second-order valence-electron chi connectivity index (χ2n) is 4.14. The van der Waals surface area contributed by atoms with Crippen LogP contribution in [-0.2, 0) is 4.74 Å². The van der Waals surface area contributed by atoms with Crippen LogP contribution < -0.4 is 11.1 Å². The Morgan fingerprint density at radius 3 is 2.43 bits per heavy atom. The molecular weight excluding hydrogens is 423 g/mol. The van der Waals surface area contributed by atoms with Gasteiger partial charge in [0.05, 0.1) is 29.1 Å². The number of halogens is 3. The number of nitrogens with one attached hydrogen (secondary N) is 1. The second kappa shape index (κ2) is 6.68. The zero-order valence-electron chi connectivity index (χ0n) is 10.9. The molecule has 2 aromatic carbocycles. The molecule has 0 saturated carbocycles. The molecule has 110 valence electrons. The summed E-state index contributed by atoms with van der Waals surface area (Å²) in [5.74, 6) is -0.519. The normalized spacial score (nSPS) is 10.3. The minimum Gasteiger partial charge on any atom is -0.465 e. The smallest absolute Gasteiger partial charge is 0.340 e. The lowest BCUT2D eigenvalue weighted by molar-refractivity contribution is 0.0602. The predicted octanol–water partition coefficient (Wildman–Crippen LogP) is 4.98. The van der Waals surface area contributed by atoms with Gasteiger partial charge in [-0.05, 0) is 56.1 Å². The molecule has 0 amide bonds. The van der Waals surface area contributed by atoms with Gasteiger partial charge in [-0.15, -0.1) is 0 Å². The highest BCUT2D eigenvalue weighted by Gasteiger charge is 2.18. The maximum Gasteiger partial charge on any atom is 0.340 e. The third-order valence-electron chi connectivity index (χ3n) is 2.73. The molecule has 3 N–H and O–H groups in total. The van der Waals surface area contributed by atoms with E-state index in [1.54, 1.807) is 6.07 Å². The molecule has 2 rings (SSSR count). The highest BCUT2D eigenvalue weighted by molar-refractivity contribution is 9.11. The molecule has 0 aliphatic heterocycles. The Balaban J connectivity index is 2.56. The Morgan fingerprint density at radius 1 is 1.24 bits per heavy atom. The van der Waals surface area contributed by atoms with E-state index in [0.717, 1.165) is 14.6 Å². The molecule has 7 heteroatoms. The summed E-state index contributed by atoms with van der Waals surface area (Å²) in [6, 6.07) is 8.71. The van der Waals surface area contributed by atoms with Crippen molar-refractivity contribution in [2.45, 2.75) is 0 Å². The van der Waals surface area contributed by atoms with Crippen LogP contribution in [0.2, 0.25) is 5.02 Å². The van der Waals surface area contributed by atoms with Crippen LogP contribution in [0, 0.1) is 0 Å². The zero-order valence-corrected chi connectivity index (χ0v) is 14.8. The maximum atomic E-state index is 11.9. The minimum atomic E-state index is -0.519. The van der Waals surface area contributed by atoms with E-state index in [1.807, 2.05) is 18.2 Å². The van der Waals surface area contributed by atoms with Gasteiger partial charge in [0, 0.05) is 14.6 Å². The van der Waals surface area contributed by atoms with Crippen LogP contribution in [0.15, 0.2) is 39.3 Å². The number of carbonyl (C=O) groups excluding carboxylic acids is 1. The van der Waals surface area contributed by atoms with Gasteiger partial charge in [-0.3, -0.25) is 0 Å². The summed E-state index contributed by atoms with van der Waals surface area (Å²) in [4.78, 5) is 11.9. The molecule has 0 unspecified atom stereocenters. The highest BCUT2D eigenvalue weighted by atomic mass is 79.9. The second-order valence-corrected chi connectivity index (χ2v) is 6.25. The summed E-state index contributed by atoms with van der Waals surface area (Å²) in [5, 5.41) is 3.47. The highest BCUT2D eigenvalue weighted by Crippen LogP contribution is 2.38. The van der Waals surface area contributed by atoms with Gasteiger partial charge >= 0.3 is 5.97 Å². The molecule has 0 heterocycles. The first-order chi connectivity index (χ1) is 9.93. The van der Waals surface area contributed by atoms with Crippen LogP contribution in [0.1, 0.15) is 10.4 Å². The van der Waals surface area contributed by atoms with Crippen LogP contribution >= 0.6 is 43.5 Å². The number of esters is 1. The van der Waals surface area contributed by atoms with Crippen LogP contribution in [0.4, 0.5) is 17.1 Å². The topological polar surface area (TPSA) is 64.3 Å². The molecule has 0 radical (unpaired) electrons. The number of hydrogen-bond acceptors (Lipinski definition) is 4. The molecule has 21 heavy (non-hydrogen) atoms.